The minimum absolute atomic E-state index is 0.554. The minimum Gasteiger partial charge on any atom is -0.378 e. The SMILES string of the molecule is CCCCCCCCOC1CCC(CCSc2ccccc2)CC1. The Bertz CT molecular complexity index is 398. The first kappa shape index (κ1) is 19.8. The second-order valence-electron chi connectivity index (χ2n) is 7.23. The molecule has 1 aliphatic carbocycles. The molecule has 0 radical (unpaired) electrons. The highest BCUT2D eigenvalue weighted by molar-refractivity contribution is 7.99. The molecular weight excluding hydrogens is 312 g/mol. The molecule has 0 spiro atoms. The van der Waals surface area contributed by atoms with Crippen LogP contribution >= 0.6 is 11.8 Å². The van der Waals surface area contributed by atoms with E-state index in [1.54, 1.807) is 0 Å². The van der Waals surface area contributed by atoms with Crippen molar-refractivity contribution in [3.8, 4) is 0 Å². The van der Waals surface area contributed by atoms with Crippen LogP contribution in [0.5, 0.6) is 0 Å². The van der Waals surface area contributed by atoms with Gasteiger partial charge in [0.25, 0.3) is 0 Å². The van der Waals surface area contributed by atoms with Gasteiger partial charge in [0.15, 0.2) is 0 Å². The van der Waals surface area contributed by atoms with E-state index in [9.17, 15) is 0 Å². The standard InChI is InChI=1S/C22H36OS/c1-2-3-4-5-6-10-18-23-21-15-13-20(14-16-21)17-19-24-22-11-8-7-9-12-22/h7-9,11-12,20-21H,2-6,10,13-19H2,1H3. The molecule has 0 atom stereocenters. The van der Waals surface area contributed by atoms with Crippen molar-refractivity contribution in [1.82, 2.24) is 0 Å². The average molecular weight is 349 g/mol. The highest BCUT2D eigenvalue weighted by atomic mass is 32.2. The molecule has 0 bridgehead atoms. The fourth-order valence-electron chi connectivity index (χ4n) is 3.58. The molecule has 136 valence electrons. The van der Waals surface area contributed by atoms with Gasteiger partial charge in [0.05, 0.1) is 6.10 Å². The summed E-state index contributed by atoms with van der Waals surface area (Å²) in [7, 11) is 0. The van der Waals surface area contributed by atoms with Gasteiger partial charge >= 0.3 is 0 Å². The summed E-state index contributed by atoms with van der Waals surface area (Å²) < 4.78 is 6.11. The number of unbranched alkanes of at least 4 members (excludes halogenated alkanes) is 5. The maximum absolute atomic E-state index is 6.11. The summed E-state index contributed by atoms with van der Waals surface area (Å²) in [5, 5.41) is 0. The lowest BCUT2D eigenvalue weighted by molar-refractivity contribution is 0.0159. The number of benzene rings is 1. The van der Waals surface area contributed by atoms with Gasteiger partial charge in [0, 0.05) is 11.5 Å². The molecule has 1 aliphatic rings. The van der Waals surface area contributed by atoms with E-state index in [1.807, 2.05) is 11.8 Å². The van der Waals surface area contributed by atoms with Crippen LogP contribution in [0, 0.1) is 5.92 Å². The van der Waals surface area contributed by atoms with Crippen molar-refractivity contribution in [3.63, 3.8) is 0 Å². The Labute approximate surface area is 154 Å². The number of hydrogen-bond donors (Lipinski definition) is 0. The molecule has 1 nitrogen and oxygen atoms in total. The summed E-state index contributed by atoms with van der Waals surface area (Å²) in [5.41, 5.74) is 0. The largest absolute Gasteiger partial charge is 0.378 e. The number of thioether (sulfide) groups is 1. The molecule has 1 saturated carbocycles. The topological polar surface area (TPSA) is 9.23 Å². The smallest absolute Gasteiger partial charge is 0.0575 e. The molecule has 0 aromatic heterocycles. The minimum atomic E-state index is 0.554. The normalized spacial score (nSPS) is 21.0. The van der Waals surface area contributed by atoms with Gasteiger partial charge in [-0.1, -0.05) is 57.2 Å². The third-order valence-corrected chi connectivity index (χ3v) is 6.23. The van der Waals surface area contributed by atoms with Crippen LogP contribution in [-0.4, -0.2) is 18.5 Å². The van der Waals surface area contributed by atoms with Crippen LogP contribution in [0.3, 0.4) is 0 Å². The van der Waals surface area contributed by atoms with Gasteiger partial charge in [-0.05, 0) is 62.3 Å². The quantitative estimate of drug-likeness (QED) is 0.294. The van der Waals surface area contributed by atoms with Crippen LogP contribution < -0.4 is 0 Å². The van der Waals surface area contributed by atoms with Crippen molar-refractivity contribution in [2.75, 3.05) is 12.4 Å². The molecule has 0 N–H and O–H groups in total. The average Bonchev–Trinajstić information content (AvgIpc) is 2.63. The van der Waals surface area contributed by atoms with Crippen LogP contribution in [0.2, 0.25) is 0 Å². The van der Waals surface area contributed by atoms with Crippen molar-refractivity contribution in [2.45, 2.75) is 88.6 Å². The monoisotopic (exact) mass is 348 g/mol. The molecule has 1 fully saturated rings. The first-order chi connectivity index (χ1) is 11.9. The van der Waals surface area contributed by atoms with Crippen LogP contribution in [0.1, 0.15) is 77.6 Å². The second kappa shape index (κ2) is 12.8. The molecule has 0 heterocycles. The molecule has 24 heavy (non-hydrogen) atoms. The van der Waals surface area contributed by atoms with Crippen LogP contribution in [0.4, 0.5) is 0 Å². The van der Waals surface area contributed by atoms with Crippen molar-refractivity contribution < 1.29 is 4.74 Å². The van der Waals surface area contributed by atoms with Crippen molar-refractivity contribution in [1.29, 1.82) is 0 Å². The lowest BCUT2D eigenvalue weighted by Gasteiger charge is -2.28. The van der Waals surface area contributed by atoms with Crippen molar-refractivity contribution in [3.05, 3.63) is 30.3 Å². The zero-order chi connectivity index (χ0) is 16.9. The summed E-state index contributed by atoms with van der Waals surface area (Å²) in [6.45, 7) is 3.27. The van der Waals surface area contributed by atoms with E-state index in [0.717, 1.165) is 12.5 Å². The van der Waals surface area contributed by atoms with Gasteiger partial charge in [-0.15, -0.1) is 11.8 Å². The van der Waals surface area contributed by atoms with E-state index in [4.69, 9.17) is 4.74 Å². The van der Waals surface area contributed by atoms with Crippen LogP contribution in [-0.2, 0) is 4.74 Å². The summed E-state index contributed by atoms with van der Waals surface area (Å²) in [4.78, 5) is 1.41. The van der Waals surface area contributed by atoms with Gasteiger partial charge in [-0.25, -0.2) is 0 Å². The fraction of sp³-hybridized carbons (Fsp3) is 0.727. The first-order valence-corrected chi connectivity index (χ1v) is 11.2. The molecule has 0 unspecified atom stereocenters. The van der Waals surface area contributed by atoms with Gasteiger partial charge in [0.1, 0.15) is 0 Å². The molecule has 2 heteroatoms. The van der Waals surface area contributed by atoms with Gasteiger partial charge in [0.2, 0.25) is 0 Å². The predicted molar refractivity (Wildman–Crippen MR) is 107 cm³/mol. The molecule has 1 aromatic rings. The van der Waals surface area contributed by atoms with Gasteiger partial charge < -0.3 is 4.74 Å². The Morgan fingerprint density at radius 3 is 2.38 bits per heavy atom. The van der Waals surface area contributed by atoms with E-state index >= 15 is 0 Å². The first-order valence-electron chi connectivity index (χ1n) is 10.2. The predicted octanol–water partition coefficient (Wildman–Crippen LogP) is 7.10. The lowest BCUT2D eigenvalue weighted by Crippen LogP contribution is -2.22. The summed E-state index contributed by atoms with van der Waals surface area (Å²) in [5.74, 6) is 2.19. The third kappa shape index (κ3) is 8.58. The van der Waals surface area contributed by atoms with Gasteiger partial charge in [-0.2, -0.15) is 0 Å². The molecule has 1 aromatic carbocycles. The molecular formula is C22H36OS. The van der Waals surface area contributed by atoms with Crippen LogP contribution in [0.25, 0.3) is 0 Å². The molecule has 0 saturated heterocycles. The molecule has 2 rings (SSSR count). The Morgan fingerprint density at radius 2 is 1.62 bits per heavy atom. The van der Waals surface area contributed by atoms with E-state index < -0.39 is 0 Å². The molecule has 0 amide bonds. The Hall–Kier alpha value is -0.470. The summed E-state index contributed by atoms with van der Waals surface area (Å²) in [6, 6.07) is 10.8. The van der Waals surface area contributed by atoms with Crippen molar-refractivity contribution in [2.24, 2.45) is 5.92 Å². The Morgan fingerprint density at radius 1 is 0.917 bits per heavy atom. The maximum atomic E-state index is 6.11. The van der Waals surface area contributed by atoms with E-state index in [1.165, 1.54) is 81.3 Å². The van der Waals surface area contributed by atoms with Crippen molar-refractivity contribution >= 4 is 11.8 Å². The number of hydrogen-bond acceptors (Lipinski definition) is 2. The fourth-order valence-corrected chi connectivity index (χ4v) is 4.62. The maximum Gasteiger partial charge on any atom is 0.0575 e. The lowest BCUT2D eigenvalue weighted by atomic mass is 9.86. The van der Waals surface area contributed by atoms with E-state index in [2.05, 4.69) is 37.3 Å². The zero-order valence-electron chi connectivity index (χ0n) is 15.6. The van der Waals surface area contributed by atoms with E-state index in [0.29, 0.717) is 6.10 Å². The zero-order valence-corrected chi connectivity index (χ0v) is 16.4. The highest BCUT2D eigenvalue weighted by Gasteiger charge is 2.21. The second-order valence-corrected chi connectivity index (χ2v) is 8.40. The number of rotatable bonds is 12. The molecule has 0 aliphatic heterocycles. The third-order valence-electron chi connectivity index (χ3n) is 5.18. The van der Waals surface area contributed by atoms with Crippen LogP contribution in [0.15, 0.2) is 35.2 Å². The number of ether oxygens (including phenoxy) is 1. The van der Waals surface area contributed by atoms with E-state index in [-0.39, 0.29) is 0 Å². The Balaban J connectivity index is 1.45. The summed E-state index contributed by atoms with van der Waals surface area (Å²) >= 11 is 2.01. The van der Waals surface area contributed by atoms with Gasteiger partial charge in [-0.3, -0.25) is 0 Å². The highest BCUT2D eigenvalue weighted by Crippen LogP contribution is 2.30. The Kier molecular flexibility index (Phi) is 10.6. The summed E-state index contributed by atoms with van der Waals surface area (Å²) in [6.07, 6.45) is 15.4.